The molecule has 1 heterocycles. The van der Waals surface area contributed by atoms with Crippen LogP contribution in [0.4, 0.5) is 14.5 Å². The predicted octanol–water partition coefficient (Wildman–Crippen LogP) is 4.05. The average molecular weight is 443 g/mol. The van der Waals surface area contributed by atoms with Gasteiger partial charge in [-0.2, -0.15) is 0 Å². The van der Waals surface area contributed by atoms with Crippen molar-refractivity contribution in [1.82, 2.24) is 4.90 Å². The Balaban J connectivity index is 1.62. The highest BCUT2D eigenvalue weighted by molar-refractivity contribution is 5.51. The van der Waals surface area contributed by atoms with Crippen molar-refractivity contribution in [1.29, 1.82) is 0 Å². The number of rotatable bonds is 4. The van der Waals surface area contributed by atoms with Gasteiger partial charge in [0.2, 0.25) is 5.60 Å². The second-order valence-corrected chi connectivity index (χ2v) is 8.30. The molecule has 0 radical (unpaired) electrons. The van der Waals surface area contributed by atoms with Gasteiger partial charge < -0.3 is 10.0 Å². The van der Waals surface area contributed by atoms with Crippen LogP contribution in [0.25, 0.3) is 0 Å². The number of anilines is 1. The molecule has 33 heavy (non-hydrogen) atoms. The Morgan fingerprint density at radius 2 is 1.52 bits per heavy atom. The molecule has 5 heteroatoms. The summed E-state index contributed by atoms with van der Waals surface area (Å²) in [6.45, 7) is 1.27. The van der Waals surface area contributed by atoms with E-state index in [4.69, 9.17) is 0 Å². The minimum atomic E-state index is -1.65. The second-order valence-electron chi connectivity index (χ2n) is 8.30. The van der Waals surface area contributed by atoms with Crippen LogP contribution in [-0.4, -0.2) is 42.3 Å². The van der Waals surface area contributed by atoms with E-state index in [0.29, 0.717) is 13.1 Å². The molecular formula is C28H24F2N2O. The van der Waals surface area contributed by atoms with Crippen molar-refractivity contribution in [3.63, 3.8) is 0 Å². The molecule has 0 aliphatic carbocycles. The monoisotopic (exact) mass is 442 g/mol. The van der Waals surface area contributed by atoms with Crippen LogP contribution in [-0.2, 0) is 6.54 Å². The lowest BCUT2D eigenvalue weighted by atomic mass is 9.99. The van der Waals surface area contributed by atoms with Crippen LogP contribution >= 0.6 is 0 Å². The Bertz CT molecular complexity index is 1230. The maximum absolute atomic E-state index is 13.6. The smallest absolute Gasteiger partial charge is 0.205 e. The highest BCUT2D eigenvalue weighted by Crippen LogP contribution is 2.31. The van der Waals surface area contributed by atoms with E-state index in [1.165, 1.54) is 0 Å². The molecule has 3 atom stereocenters. The van der Waals surface area contributed by atoms with E-state index in [1.54, 1.807) is 0 Å². The van der Waals surface area contributed by atoms with Crippen LogP contribution in [0.3, 0.4) is 0 Å². The van der Waals surface area contributed by atoms with Crippen molar-refractivity contribution in [2.75, 3.05) is 25.5 Å². The van der Waals surface area contributed by atoms with E-state index in [0.717, 1.165) is 35.0 Å². The van der Waals surface area contributed by atoms with Gasteiger partial charge in [-0.1, -0.05) is 42.2 Å². The Morgan fingerprint density at radius 3 is 2.12 bits per heavy atom. The van der Waals surface area contributed by atoms with Gasteiger partial charge in [0.15, 0.2) is 0 Å². The van der Waals surface area contributed by atoms with Gasteiger partial charge in [0, 0.05) is 50.1 Å². The number of hydrogen-bond donors (Lipinski definition) is 1. The van der Waals surface area contributed by atoms with Crippen molar-refractivity contribution in [3.05, 3.63) is 101 Å². The topological polar surface area (TPSA) is 26.5 Å². The third-order valence-corrected chi connectivity index (χ3v) is 5.47. The molecule has 0 saturated carbocycles. The number of nitrogens with zero attached hydrogens (tertiary/aromatic N) is 2. The van der Waals surface area contributed by atoms with Crippen molar-refractivity contribution in [3.8, 4) is 23.7 Å². The molecule has 3 aromatic carbocycles. The minimum Gasteiger partial charge on any atom is -0.378 e. The van der Waals surface area contributed by atoms with Crippen LogP contribution in [0.15, 0.2) is 72.8 Å². The van der Waals surface area contributed by atoms with Gasteiger partial charge in [0.05, 0.1) is 6.04 Å². The molecule has 3 nitrogen and oxygen atoms in total. The maximum Gasteiger partial charge on any atom is 0.205 e. The average Bonchev–Trinajstić information content (AvgIpc) is 3.56. The van der Waals surface area contributed by atoms with Crippen molar-refractivity contribution >= 4 is 5.69 Å². The maximum atomic E-state index is 13.6. The predicted molar refractivity (Wildman–Crippen MR) is 126 cm³/mol. The van der Waals surface area contributed by atoms with E-state index >= 15 is 0 Å². The van der Waals surface area contributed by atoms with E-state index in [9.17, 15) is 13.9 Å². The summed E-state index contributed by atoms with van der Waals surface area (Å²) in [7, 11) is 3.91. The zero-order chi connectivity index (χ0) is 23.4. The first-order valence-electron chi connectivity index (χ1n) is 10.6. The molecule has 0 amide bonds. The minimum absolute atomic E-state index is 0.151. The standard InChI is InChI=1S/C28H24F2N2O/c1-31(2)26-10-8-21(9-11-26)12-14-28(33,15-13-23-16-24(29)18-25(30)17-23)27-20-32(27)19-22-6-4-3-5-7-22/h3-11,16-18,27,33H,19-20H2,1-2H3. The van der Waals surface area contributed by atoms with Gasteiger partial charge in [-0.3, -0.25) is 4.90 Å². The quantitative estimate of drug-likeness (QED) is 0.488. The lowest BCUT2D eigenvalue weighted by Gasteiger charge is -2.16. The molecule has 1 saturated heterocycles. The van der Waals surface area contributed by atoms with Gasteiger partial charge in [-0.25, -0.2) is 8.78 Å². The molecule has 1 N–H and O–H groups in total. The van der Waals surface area contributed by atoms with E-state index < -0.39 is 17.2 Å². The first-order valence-corrected chi connectivity index (χ1v) is 10.6. The highest BCUT2D eigenvalue weighted by Gasteiger charge is 2.49. The van der Waals surface area contributed by atoms with E-state index in [1.807, 2.05) is 73.6 Å². The third kappa shape index (κ3) is 5.79. The van der Waals surface area contributed by atoms with Gasteiger partial charge in [0.25, 0.3) is 0 Å². The van der Waals surface area contributed by atoms with Crippen molar-refractivity contribution in [2.24, 2.45) is 0 Å². The van der Waals surface area contributed by atoms with Gasteiger partial charge in [-0.05, 0) is 53.8 Å². The summed E-state index contributed by atoms with van der Waals surface area (Å²) in [6.07, 6.45) is 0. The summed E-state index contributed by atoms with van der Waals surface area (Å²) in [5.41, 5.74) is 1.40. The molecule has 4 rings (SSSR count). The Labute approximate surface area is 193 Å². The van der Waals surface area contributed by atoms with E-state index in [-0.39, 0.29) is 11.6 Å². The molecule has 3 aromatic rings. The van der Waals surface area contributed by atoms with Crippen molar-refractivity contribution in [2.45, 2.75) is 18.2 Å². The van der Waals surface area contributed by atoms with Crippen LogP contribution in [0.2, 0.25) is 0 Å². The van der Waals surface area contributed by atoms with Gasteiger partial charge in [0.1, 0.15) is 11.6 Å². The second kappa shape index (κ2) is 9.46. The summed E-state index contributed by atoms with van der Waals surface area (Å²) >= 11 is 0. The summed E-state index contributed by atoms with van der Waals surface area (Å²) in [5, 5.41) is 11.4. The normalized spacial score (nSPS) is 18.2. The fourth-order valence-electron chi connectivity index (χ4n) is 3.57. The molecule has 0 aromatic heterocycles. The van der Waals surface area contributed by atoms with E-state index in [2.05, 4.69) is 28.6 Å². The van der Waals surface area contributed by atoms with Gasteiger partial charge >= 0.3 is 0 Å². The van der Waals surface area contributed by atoms with Crippen LogP contribution in [0.5, 0.6) is 0 Å². The number of aliphatic hydroxyl groups is 1. The fraction of sp³-hybridized carbons (Fsp3) is 0.214. The third-order valence-electron chi connectivity index (χ3n) is 5.47. The Kier molecular flexibility index (Phi) is 6.47. The largest absolute Gasteiger partial charge is 0.378 e. The number of hydrogen-bond acceptors (Lipinski definition) is 3. The number of halogens is 2. The first-order chi connectivity index (χ1) is 15.8. The van der Waals surface area contributed by atoms with Crippen LogP contribution in [0.1, 0.15) is 16.7 Å². The first kappa shape index (κ1) is 22.6. The lowest BCUT2D eigenvalue weighted by Crippen LogP contribution is -2.34. The molecule has 1 aliphatic rings. The summed E-state index contributed by atoms with van der Waals surface area (Å²) in [5.74, 6) is 10.0. The molecule has 0 spiro atoms. The zero-order valence-electron chi connectivity index (χ0n) is 18.5. The zero-order valence-corrected chi connectivity index (χ0v) is 18.5. The fourth-order valence-corrected chi connectivity index (χ4v) is 3.57. The van der Waals surface area contributed by atoms with Crippen LogP contribution < -0.4 is 4.90 Å². The summed E-state index contributed by atoms with van der Waals surface area (Å²) in [4.78, 5) is 4.06. The summed E-state index contributed by atoms with van der Waals surface area (Å²) in [6, 6.07) is 20.3. The molecule has 1 fully saturated rings. The number of benzene rings is 3. The molecule has 3 unspecified atom stereocenters. The van der Waals surface area contributed by atoms with Gasteiger partial charge in [-0.15, -0.1) is 0 Å². The lowest BCUT2D eigenvalue weighted by molar-refractivity contribution is 0.143. The molecule has 166 valence electrons. The van der Waals surface area contributed by atoms with Crippen molar-refractivity contribution < 1.29 is 13.9 Å². The molecule has 1 aliphatic heterocycles. The molecule has 0 bridgehead atoms. The van der Waals surface area contributed by atoms with Crippen LogP contribution in [0, 0.1) is 35.3 Å². The SMILES string of the molecule is CN(C)c1ccc(C#CC(O)(C#Cc2cc(F)cc(F)c2)C2CN2Cc2ccccc2)cc1. The highest BCUT2D eigenvalue weighted by atomic mass is 19.1. The summed E-state index contributed by atoms with van der Waals surface area (Å²) < 4.78 is 27.1. The molecular weight excluding hydrogens is 418 g/mol. The Morgan fingerprint density at radius 1 is 0.909 bits per heavy atom. The Hall–Kier alpha value is -3.64.